The van der Waals surface area contributed by atoms with Crippen LogP contribution in [0, 0.1) is 5.92 Å². The third kappa shape index (κ3) is 3.24. The molecule has 1 aromatic carbocycles. The molecular weight excluding hydrogens is 374 g/mol. The van der Waals surface area contributed by atoms with Crippen molar-refractivity contribution in [3.05, 3.63) is 33.0 Å². The van der Waals surface area contributed by atoms with Gasteiger partial charge in [-0.3, -0.25) is 0 Å². The van der Waals surface area contributed by atoms with Crippen LogP contribution in [0.15, 0.2) is 27.1 Å². The lowest BCUT2D eigenvalue weighted by molar-refractivity contribution is 0.262. The van der Waals surface area contributed by atoms with E-state index in [0.717, 1.165) is 26.9 Å². The molecule has 19 heavy (non-hydrogen) atoms. The van der Waals surface area contributed by atoms with Crippen LogP contribution in [0.2, 0.25) is 0 Å². The van der Waals surface area contributed by atoms with Gasteiger partial charge in [0, 0.05) is 21.1 Å². The number of halogens is 2. The van der Waals surface area contributed by atoms with E-state index in [0.29, 0.717) is 11.7 Å². The molecule has 1 aromatic heterocycles. The van der Waals surface area contributed by atoms with Gasteiger partial charge >= 0.3 is 0 Å². The first-order valence-electron chi connectivity index (χ1n) is 6.01. The normalized spacial score (nSPS) is 11.3. The number of benzene rings is 1. The number of rotatable bonds is 4. The third-order valence-electron chi connectivity index (χ3n) is 2.69. The van der Waals surface area contributed by atoms with Crippen molar-refractivity contribution in [3.8, 4) is 11.4 Å². The molecule has 0 saturated heterocycles. The zero-order valence-corrected chi connectivity index (χ0v) is 13.9. The van der Waals surface area contributed by atoms with Crippen molar-refractivity contribution < 1.29 is 5.11 Å². The van der Waals surface area contributed by atoms with Crippen LogP contribution in [0.25, 0.3) is 11.4 Å². The van der Waals surface area contributed by atoms with E-state index in [-0.39, 0.29) is 6.61 Å². The van der Waals surface area contributed by atoms with Gasteiger partial charge in [-0.25, -0.2) is 0 Å². The van der Waals surface area contributed by atoms with E-state index in [1.165, 1.54) is 0 Å². The van der Waals surface area contributed by atoms with Crippen molar-refractivity contribution in [2.45, 2.75) is 27.0 Å². The number of aliphatic hydroxyl groups is 1. The Kier molecular flexibility index (Phi) is 4.76. The average molecular weight is 389 g/mol. The van der Waals surface area contributed by atoms with Gasteiger partial charge in [0.1, 0.15) is 6.61 Å². The first-order valence-corrected chi connectivity index (χ1v) is 7.60. The van der Waals surface area contributed by atoms with Gasteiger partial charge in [-0.05, 0) is 40.0 Å². The van der Waals surface area contributed by atoms with E-state index in [9.17, 15) is 5.11 Å². The smallest absolute Gasteiger partial charge is 0.165 e. The summed E-state index contributed by atoms with van der Waals surface area (Å²) < 4.78 is 3.92. The topological polar surface area (TPSA) is 50.9 Å². The molecule has 2 aromatic rings. The quantitative estimate of drug-likeness (QED) is 0.870. The SMILES string of the molecule is CC(C)Cn1c(CO)nnc1-c1ccc(Br)cc1Br. The van der Waals surface area contributed by atoms with Crippen molar-refractivity contribution in [1.82, 2.24) is 14.8 Å². The maximum atomic E-state index is 9.36. The van der Waals surface area contributed by atoms with Crippen LogP contribution in [-0.4, -0.2) is 19.9 Å². The summed E-state index contributed by atoms with van der Waals surface area (Å²) in [6, 6.07) is 5.92. The second-order valence-corrected chi connectivity index (χ2v) is 6.50. The summed E-state index contributed by atoms with van der Waals surface area (Å²) in [6.07, 6.45) is 0. The van der Waals surface area contributed by atoms with Gasteiger partial charge in [-0.2, -0.15) is 0 Å². The highest BCUT2D eigenvalue weighted by Crippen LogP contribution is 2.30. The Bertz CT molecular complexity index is 581. The average Bonchev–Trinajstić information content (AvgIpc) is 2.71. The Labute approximate surface area is 129 Å². The van der Waals surface area contributed by atoms with Crippen molar-refractivity contribution in [2.24, 2.45) is 5.92 Å². The van der Waals surface area contributed by atoms with Crippen LogP contribution in [-0.2, 0) is 13.2 Å². The van der Waals surface area contributed by atoms with Crippen molar-refractivity contribution in [1.29, 1.82) is 0 Å². The van der Waals surface area contributed by atoms with Crippen LogP contribution in [0.5, 0.6) is 0 Å². The molecule has 1 heterocycles. The summed E-state index contributed by atoms with van der Waals surface area (Å²) in [5, 5.41) is 17.6. The van der Waals surface area contributed by atoms with E-state index in [2.05, 4.69) is 55.9 Å². The van der Waals surface area contributed by atoms with E-state index < -0.39 is 0 Å². The molecule has 0 bridgehead atoms. The van der Waals surface area contributed by atoms with Gasteiger partial charge in [0.15, 0.2) is 11.6 Å². The molecule has 0 saturated carbocycles. The summed E-state index contributed by atoms with van der Waals surface area (Å²) in [5.74, 6) is 1.82. The molecule has 0 spiro atoms. The first-order chi connectivity index (χ1) is 9.02. The van der Waals surface area contributed by atoms with Crippen LogP contribution in [0.1, 0.15) is 19.7 Å². The molecule has 2 rings (SSSR count). The Balaban J connectivity index is 2.52. The predicted octanol–water partition coefficient (Wildman–Crippen LogP) is 3.62. The predicted molar refractivity (Wildman–Crippen MR) is 81.6 cm³/mol. The molecule has 1 N–H and O–H groups in total. The standard InChI is InChI=1S/C13H15Br2N3O/c1-8(2)6-18-12(7-19)16-17-13(18)10-4-3-9(14)5-11(10)15/h3-5,8,19H,6-7H2,1-2H3. The largest absolute Gasteiger partial charge is 0.388 e. The summed E-state index contributed by atoms with van der Waals surface area (Å²) in [6.45, 7) is 4.93. The molecule has 4 nitrogen and oxygen atoms in total. The van der Waals surface area contributed by atoms with Gasteiger partial charge in [-0.15, -0.1) is 10.2 Å². The third-order valence-corrected chi connectivity index (χ3v) is 3.84. The second-order valence-electron chi connectivity index (χ2n) is 4.73. The van der Waals surface area contributed by atoms with Crippen LogP contribution >= 0.6 is 31.9 Å². The highest BCUT2D eigenvalue weighted by molar-refractivity contribution is 9.11. The van der Waals surface area contributed by atoms with Crippen molar-refractivity contribution in [2.75, 3.05) is 0 Å². The lowest BCUT2D eigenvalue weighted by Crippen LogP contribution is -2.10. The lowest BCUT2D eigenvalue weighted by Gasteiger charge is -2.12. The van der Waals surface area contributed by atoms with Crippen LogP contribution < -0.4 is 0 Å². The van der Waals surface area contributed by atoms with Gasteiger partial charge in [0.2, 0.25) is 0 Å². The van der Waals surface area contributed by atoms with Gasteiger partial charge in [-0.1, -0.05) is 29.8 Å². The lowest BCUT2D eigenvalue weighted by atomic mass is 10.2. The molecule has 0 amide bonds. The molecule has 0 atom stereocenters. The Morgan fingerprint density at radius 3 is 2.58 bits per heavy atom. The number of hydrogen-bond acceptors (Lipinski definition) is 3. The van der Waals surface area contributed by atoms with Crippen LogP contribution in [0.3, 0.4) is 0 Å². The molecule has 0 unspecified atom stereocenters. The molecule has 0 aliphatic rings. The minimum absolute atomic E-state index is 0.103. The fourth-order valence-corrected chi connectivity index (χ4v) is 3.10. The molecule has 6 heteroatoms. The fourth-order valence-electron chi connectivity index (χ4n) is 1.88. The van der Waals surface area contributed by atoms with E-state index in [1.54, 1.807) is 0 Å². The van der Waals surface area contributed by atoms with Gasteiger partial charge in [0.25, 0.3) is 0 Å². The monoisotopic (exact) mass is 387 g/mol. The first kappa shape index (κ1) is 14.7. The number of aromatic nitrogens is 3. The van der Waals surface area contributed by atoms with Crippen molar-refractivity contribution >= 4 is 31.9 Å². The van der Waals surface area contributed by atoms with Gasteiger partial charge < -0.3 is 9.67 Å². The Morgan fingerprint density at radius 2 is 2.00 bits per heavy atom. The van der Waals surface area contributed by atoms with Gasteiger partial charge in [0.05, 0.1) is 0 Å². The summed E-state index contributed by atoms with van der Waals surface area (Å²) in [4.78, 5) is 0. The zero-order chi connectivity index (χ0) is 14.0. The summed E-state index contributed by atoms with van der Waals surface area (Å²) in [7, 11) is 0. The highest BCUT2D eigenvalue weighted by Gasteiger charge is 2.16. The number of aliphatic hydroxyl groups excluding tert-OH is 1. The maximum absolute atomic E-state index is 9.36. The molecule has 0 aliphatic heterocycles. The molecule has 102 valence electrons. The highest BCUT2D eigenvalue weighted by atomic mass is 79.9. The zero-order valence-electron chi connectivity index (χ0n) is 10.8. The second kappa shape index (κ2) is 6.15. The minimum atomic E-state index is -0.103. The molecule has 0 radical (unpaired) electrons. The summed E-state index contributed by atoms with van der Waals surface area (Å²) >= 11 is 6.98. The molecule has 0 fully saturated rings. The number of hydrogen-bond donors (Lipinski definition) is 1. The van der Waals surface area contributed by atoms with Crippen LogP contribution in [0.4, 0.5) is 0 Å². The molecular formula is C13H15Br2N3O. The number of nitrogens with zero attached hydrogens (tertiary/aromatic N) is 3. The fraction of sp³-hybridized carbons (Fsp3) is 0.385. The molecule has 0 aliphatic carbocycles. The minimum Gasteiger partial charge on any atom is -0.388 e. The van der Waals surface area contributed by atoms with Crippen molar-refractivity contribution in [3.63, 3.8) is 0 Å². The Morgan fingerprint density at radius 1 is 1.26 bits per heavy atom. The van der Waals surface area contributed by atoms with E-state index >= 15 is 0 Å². The Hall–Kier alpha value is -0.720. The van der Waals surface area contributed by atoms with E-state index in [1.807, 2.05) is 22.8 Å². The summed E-state index contributed by atoms with van der Waals surface area (Å²) in [5.41, 5.74) is 0.969. The maximum Gasteiger partial charge on any atom is 0.165 e. The van der Waals surface area contributed by atoms with E-state index in [4.69, 9.17) is 0 Å².